The Balaban J connectivity index is 2.01. The molecule has 0 aromatic heterocycles. The lowest BCUT2D eigenvalue weighted by atomic mass is 9.99. The van der Waals surface area contributed by atoms with Crippen LogP contribution in [0.4, 0.5) is 0 Å². The van der Waals surface area contributed by atoms with Gasteiger partial charge < -0.3 is 20.3 Å². The van der Waals surface area contributed by atoms with Crippen LogP contribution in [0.3, 0.4) is 0 Å². The molecule has 5 nitrogen and oxygen atoms in total. The Bertz CT molecular complexity index is 672. The largest absolute Gasteiger partial charge is 0.496 e. The predicted molar refractivity (Wildman–Crippen MR) is 92.0 cm³/mol. The van der Waals surface area contributed by atoms with Crippen molar-refractivity contribution in [2.75, 3.05) is 7.11 Å². The molecule has 3 N–H and O–H groups in total. The Labute approximate surface area is 141 Å². The lowest BCUT2D eigenvalue weighted by Gasteiger charge is -2.19. The number of carboxylic acids is 1. The van der Waals surface area contributed by atoms with Crippen LogP contribution in [-0.2, 0) is 11.3 Å². The first-order valence-electron chi connectivity index (χ1n) is 7.84. The summed E-state index contributed by atoms with van der Waals surface area (Å²) in [4.78, 5) is 11.5. The van der Waals surface area contributed by atoms with Gasteiger partial charge in [0.15, 0.2) is 0 Å². The average molecular weight is 329 g/mol. The van der Waals surface area contributed by atoms with Crippen molar-refractivity contribution in [2.45, 2.75) is 32.0 Å². The molecule has 128 valence electrons. The highest BCUT2D eigenvalue weighted by molar-refractivity contribution is 5.73. The van der Waals surface area contributed by atoms with Crippen molar-refractivity contribution in [2.24, 2.45) is 0 Å². The van der Waals surface area contributed by atoms with Gasteiger partial charge in [-0.3, -0.25) is 4.79 Å². The van der Waals surface area contributed by atoms with Gasteiger partial charge in [-0.2, -0.15) is 0 Å². The van der Waals surface area contributed by atoms with E-state index in [0.717, 1.165) is 16.9 Å². The number of methoxy groups -OCH3 is 1. The molecule has 0 aliphatic rings. The molecule has 0 fully saturated rings. The van der Waals surface area contributed by atoms with Crippen LogP contribution in [0.15, 0.2) is 48.5 Å². The van der Waals surface area contributed by atoms with E-state index in [1.807, 2.05) is 43.3 Å². The highest BCUT2D eigenvalue weighted by Crippen LogP contribution is 2.25. The standard InChI is InChI=1S/C19H23NO4/c1-13-10-15(8-9-18(13)24-2)17(21)11-16(19(22)23)20-12-14-6-4-3-5-7-14/h3-10,16-17,20-21H,11-12H2,1-2H3,(H,22,23)/t16-,17+/m0/s1. The molecule has 0 unspecified atom stereocenters. The molecule has 0 aliphatic heterocycles. The quantitative estimate of drug-likeness (QED) is 0.694. The fourth-order valence-corrected chi connectivity index (χ4v) is 2.58. The van der Waals surface area contributed by atoms with Gasteiger partial charge in [0.2, 0.25) is 0 Å². The van der Waals surface area contributed by atoms with Crippen molar-refractivity contribution in [3.8, 4) is 5.75 Å². The highest BCUT2D eigenvalue weighted by atomic mass is 16.5. The third kappa shape index (κ3) is 4.81. The molecule has 0 spiro atoms. The number of ether oxygens (including phenoxy) is 1. The van der Waals surface area contributed by atoms with Gasteiger partial charge in [-0.1, -0.05) is 36.4 Å². The van der Waals surface area contributed by atoms with E-state index in [2.05, 4.69) is 5.32 Å². The smallest absolute Gasteiger partial charge is 0.320 e. The number of benzene rings is 2. The van der Waals surface area contributed by atoms with Gasteiger partial charge in [-0.15, -0.1) is 0 Å². The molecule has 0 radical (unpaired) electrons. The third-order valence-corrected chi connectivity index (χ3v) is 3.96. The molecule has 2 aromatic carbocycles. The molecular weight excluding hydrogens is 306 g/mol. The van der Waals surface area contributed by atoms with Crippen molar-refractivity contribution in [1.29, 1.82) is 0 Å². The Morgan fingerprint density at radius 2 is 1.92 bits per heavy atom. The maximum atomic E-state index is 11.5. The van der Waals surface area contributed by atoms with Crippen LogP contribution in [-0.4, -0.2) is 29.3 Å². The summed E-state index contributed by atoms with van der Waals surface area (Å²) in [7, 11) is 1.59. The molecular formula is C19H23NO4. The van der Waals surface area contributed by atoms with E-state index in [0.29, 0.717) is 12.1 Å². The third-order valence-electron chi connectivity index (χ3n) is 3.96. The van der Waals surface area contributed by atoms with E-state index in [4.69, 9.17) is 4.74 Å². The van der Waals surface area contributed by atoms with Gasteiger partial charge in [-0.05, 0) is 35.7 Å². The Hall–Kier alpha value is -2.37. The molecule has 2 atom stereocenters. The number of aliphatic hydroxyl groups excluding tert-OH is 1. The number of hydrogen-bond acceptors (Lipinski definition) is 4. The molecule has 0 amide bonds. The number of rotatable bonds is 8. The minimum Gasteiger partial charge on any atom is -0.496 e. The van der Waals surface area contributed by atoms with Gasteiger partial charge in [0.1, 0.15) is 11.8 Å². The summed E-state index contributed by atoms with van der Waals surface area (Å²) >= 11 is 0. The maximum absolute atomic E-state index is 11.5. The number of carboxylic acid groups (broad SMARTS) is 1. The molecule has 2 aromatic rings. The number of aryl methyl sites for hydroxylation is 1. The SMILES string of the molecule is COc1ccc([C@H](O)C[C@H](NCc2ccccc2)C(=O)O)cc1C. The average Bonchev–Trinajstić information content (AvgIpc) is 2.58. The van der Waals surface area contributed by atoms with Crippen molar-refractivity contribution in [3.63, 3.8) is 0 Å². The summed E-state index contributed by atoms with van der Waals surface area (Å²) in [5, 5.41) is 22.8. The fourth-order valence-electron chi connectivity index (χ4n) is 2.58. The van der Waals surface area contributed by atoms with Crippen LogP contribution in [0.2, 0.25) is 0 Å². The van der Waals surface area contributed by atoms with E-state index in [1.54, 1.807) is 19.2 Å². The van der Waals surface area contributed by atoms with Gasteiger partial charge in [-0.25, -0.2) is 0 Å². The molecule has 0 bridgehead atoms. The molecule has 0 aliphatic carbocycles. The van der Waals surface area contributed by atoms with E-state index in [9.17, 15) is 15.0 Å². The topological polar surface area (TPSA) is 78.8 Å². The van der Waals surface area contributed by atoms with E-state index >= 15 is 0 Å². The zero-order valence-corrected chi connectivity index (χ0v) is 13.9. The normalized spacial score (nSPS) is 13.3. The highest BCUT2D eigenvalue weighted by Gasteiger charge is 2.22. The van der Waals surface area contributed by atoms with Crippen LogP contribution in [0, 0.1) is 6.92 Å². The van der Waals surface area contributed by atoms with E-state index in [1.165, 1.54) is 0 Å². The maximum Gasteiger partial charge on any atom is 0.320 e. The lowest BCUT2D eigenvalue weighted by molar-refractivity contribution is -0.140. The second kappa shape index (κ2) is 8.47. The number of nitrogens with one attached hydrogen (secondary N) is 1. The summed E-state index contributed by atoms with van der Waals surface area (Å²) in [6, 6.07) is 14.1. The Morgan fingerprint density at radius 3 is 2.50 bits per heavy atom. The minimum absolute atomic E-state index is 0.0912. The molecule has 0 heterocycles. The van der Waals surface area contributed by atoms with Gasteiger partial charge in [0, 0.05) is 13.0 Å². The van der Waals surface area contributed by atoms with Gasteiger partial charge in [0.05, 0.1) is 13.2 Å². The molecule has 0 saturated heterocycles. The second-order valence-corrected chi connectivity index (χ2v) is 5.74. The van der Waals surface area contributed by atoms with Crippen LogP contribution >= 0.6 is 0 Å². The number of carbonyl (C=O) groups is 1. The van der Waals surface area contributed by atoms with Gasteiger partial charge >= 0.3 is 5.97 Å². The summed E-state index contributed by atoms with van der Waals surface area (Å²) in [5.41, 5.74) is 2.58. The van der Waals surface area contributed by atoms with Crippen LogP contribution in [0.1, 0.15) is 29.2 Å². The molecule has 24 heavy (non-hydrogen) atoms. The van der Waals surface area contributed by atoms with Crippen LogP contribution in [0.5, 0.6) is 5.75 Å². The van der Waals surface area contributed by atoms with Gasteiger partial charge in [0.25, 0.3) is 0 Å². The molecule has 5 heteroatoms. The zero-order chi connectivity index (χ0) is 17.5. The van der Waals surface area contributed by atoms with Crippen LogP contribution in [0.25, 0.3) is 0 Å². The van der Waals surface area contributed by atoms with Crippen molar-refractivity contribution >= 4 is 5.97 Å². The first-order valence-corrected chi connectivity index (χ1v) is 7.84. The zero-order valence-electron chi connectivity index (χ0n) is 13.9. The second-order valence-electron chi connectivity index (χ2n) is 5.74. The number of aliphatic carboxylic acids is 1. The number of hydrogen-bond donors (Lipinski definition) is 3. The molecule has 2 rings (SSSR count). The summed E-state index contributed by atoms with van der Waals surface area (Å²) in [6.45, 7) is 2.32. The monoisotopic (exact) mass is 329 g/mol. The Morgan fingerprint density at radius 1 is 1.21 bits per heavy atom. The van der Waals surface area contributed by atoms with Crippen LogP contribution < -0.4 is 10.1 Å². The fraction of sp³-hybridized carbons (Fsp3) is 0.316. The predicted octanol–water partition coefficient (Wildman–Crippen LogP) is 2.67. The number of aliphatic hydroxyl groups is 1. The summed E-state index contributed by atoms with van der Waals surface area (Å²) < 4.78 is 5.20. The minimum atomic E-state index is -0.977. The van der Waals surface area contributed by atoms with E-state index < -0.39 is 18.1 Å². The first-order chi connectivity index (χ1) is 11.5. The summed E-state index contributed by atoms with van der Waals surface area (Å²) in [6.07, 6.45) is -0.771. The van der Waals surface area contributed by atoms with Crippen molar-refractivity contribution in [3.05, 3.63) is 65.2 Å². The molecule has 0 saturated carbocycles. The Kier molecular flexibility index (Phi) is 6.35. The summed E-state index contributed by atoms with van der Waals surface area (Å²) in [5.74, 6) is -0.238. The lowest BCUT2D eigenvalue weighted by Crippen LogP contribution is -2.37. The first kappa shape index (κ1) is 18.0. The van der Waals surface area contributed by atoms with Crippen molar-refractivity contribution in [1.82, 2.24) is 5.32 Å². The van der Waals surface area contributed by atoms with Crippen molar-refractivity contribution < 1.29 is 19.7 Å². The van der Waals surface area contributed by atoms with E-state index in [-0.39, 0.29) is 6.42 Å².